The van der Waals surface area contributed by atoms with Crippen molar-refractivity contribution in [3.05, 3.63) is 136 Å². The molecule has 0 amide bonds. The molecule has 198 valence electrons. The maximum absolute atomic E-state index is 6.19. The minimum atomic E-state index is -0.489. The fourth-order valence-corrected chi connectivity index (χ4v) is 5.39. The Bertz CT molecular complexity index is 1210. The molecular formula is C37H45N. The number of benzene rings is 4. The zero-order chi connectivity index (χ0) is 27.9. The van der Waals surface area contributed by atoms with Gasteiger partial charge in [0.05, 0.1) is 5.41 Å². The van der Waals surface area contributed by atoms with Crippen LogP contribution in [0.15, 0.2) is 97.1 Å². The van der Waals surface area contributed by atoms with Crippen LogP contribution in [0.1, 0.15) is 101 Å². The standard InChI is InChI=1S/C37H45N/c1-34(2,3)26-10-16-29(17-11-26)37(32-22-24-33(38)25-23-32,30-18-12-27(13-19-30)35(4,5)6)31-20-14-28(15-21-31)36(7,8)9/h10-25H,38H2,1-9H3. The molecule has 0 saturated heterocycles. The van der Waals surface area contributed by atoms with E-state index in [1.54, 1.807) is 0 Å². The van der Waals surface area contributed by atoms with Gasteiger partial charge in [-0.05, 0) is 67.3 Å². The van der Waals surface area contributed by atoms with Crippen LogP contribution in [-0.4, -0.2) is 0 Å². The van der Waals surface area contributed by atoms with E-state index in [4.69, 9.17) is 5.73 Å². The van der Waals surface area contributed by atoms with Gasteiger partial charge < -0.3 is 5.73 Å². The summed E-state index contributed by atoms with van der Waals surface area (Å²) in [5.41, 5.74) is 15.7. The van der Waals surface area contributed by atoms with Crippen molar-refractivity contribution in [3.8, 4) is 0 Å². The van der Waals surface area contributed by atoms with Crippen molar-refractivity contribution in [2.45, 2.75) is 84.0 Å². The zero-order valence-corrected chi connectivity index (χ0v) is 24.8. The lowest BCUT2D eigenvalue weighted by Crippen LogP contribution is -2.31. The maximum Gasteiger partial charge on any atom is 0.0701 e. The Hall–Kier alpha value is -3.32. The number of hydrogen-bond acceptors (Lipinski definition) is 1. The predicted octanol–water partition coefficient (Wildman–Crippen LogP) is 9.54. The van der Waals surface area contributed by atoms with Gasteiger partial charge in [-0.15, -0.1) is 0 Å². The molecule has 4 aromatic carbocycles. The SMILES string of the molecule is CC(C)(C)c1ccc(C(c2ccc(N)cc2)(c2ccc(C(C)(C)C)cc2)c2ccc(C(C)(C)C)cc2)cc1. The average molecular weight is 504 g/mol. The second-order valence-corrected chi connectivity index (χ2v) is 13.9. The third-order valence-electron chi connectivity index (χ3n) is 7.90. The summed E-state index contributed by atoms with van der Waals surface area (Å²) in [6, 6.07) is 36.2. The van der Waals surface area contributed by atoms with E-state index in [1.165, 1.54) is 38.9 Å². The van der Waals surface area contributed by atoms with E-state index in [0.717, 1.165) is 5.69 Å². The van der Waals surface area contributed by atoms with E-state index in [0.29, 0.717) is 0 Å². The summed E-state index contributed by atoms with van der Waals surface area (Å²) in [5.74, 6) is 0. The molecule has 4 aromatic rings. The van der Waals surface area contributed by atoms with Crippen molar-refractivity contribution in [1.82, 2.24) is 0 Å². The van der Waals surface area contributed by atoms with E-state index < -0.39 is 5.41 Å². The summed E-state index contributed by atoms with van der Waals surface area (Å²) < 4.78 is 0. The first-order valence-electron chi connectivity index (χ1n) is 13.8. The molecule has 0 radical (unpaired) electrons. The van der Waals surface area contributed by atoms with E-state index in [1.807, 2.05) is 12.1 Å². The molecule has 0 aliphatic rings. The highest BCUT2D eigenvalue weighted by Crippen LogP contribution is 2.46. The van der Waals surface area contributed by atoms with Crippen molar-refractivity contribution in [3.63, 3.8) is 0 Å². The van der Waals surface area contributed by atoms with Gasteiger partial charge in [0.25, 0.3) is 0 Å². The normalized spacial score (nSPS) is 13.0. The smallest absolute Gasteiger partial charge is 0.0701 e. The molecule has 38 heavy (non-hydrogen) atoms. The topological polar surface area (TPSA) is 26.0 Å². The fourth-order valence-electron chi connectivity index (χ4n) is 5.39. The maximum atomic E-state index is 6.19. The lowest BCUT2D eigenvalue weighted by atomic mass is 9.64. The highest BCUT2D eigenvalue weighted by molar-refractivity contribution is 5.62. The number of rotatable bonds is 4. The second kappa shape index (κ2) is 9.77. The Morgan fingerprint density at radius 3 is 0.711 bits per heavy atom. The third kappa shape index (κ3) is 5.30. The largest absolute Gasteiger partial charge is 0.399 e. The van der Waals surface area contributed by atoms with Crippen LogP contribution in [-0.2, 0) is 21.7 Å². The molecule has 2 N–H and O–H groups in total. The van der Waals surface area contributed by atoms with Gasteiger partial charge in [0, 0.05) is 5.69 Å². The Balaban J connectivity index is 2.07. The van der Waals surface area contributed by atoms with Crippen LogP contribution in [0.4, 0.5) is 5.69 Å². The van der Waals surface area contributed by atoms with Crippen LogP contribution < -0.4 is 5.73 Å². The van der Waals surface area contributed by atoms with Gasteiger partial charge >= 0.3 is 0 Å². The Kier molecular flexibility index (Phi) is 7.12. The average Bonchev–Trinajstić information content (AvgIpc) is 2.85. The van der Waals surface area contributed by atoms with E-state index in [2.05, 4.69) is 147 Å². The molecule has 1 nitrogen and oxygen atoms in total. The molecule has 4 rings (SSSR count). The van der Waals surface area contributed by atoms with Crippen LogP contribution in [0, 0.1) is 0 Å². The van der Waals surface area contributed by atoms with Crippen molar-refractivity contribution in [2.75, 3.05) is 5.73 Å². The quantitative estimate of drug-likeness (QED) is 0.218. The van der Waals surface area contributed by atoms with Gasteiger partial charge in [0.1, 0.15) is 0 Å². The van der Waals surface area contributed by atoms with Crippen LogP contribution >= 0.6 is 0 Å². The van der Waals surface area contributed by atoms with Crippen LogP contribution in [0.3, 0.4) is 0 Å². The van der Waals surface area contributed by atoms with Gasteiger partial charge in [0.15, 0.2) is 0 Å². The van der Waals surface area contributed by atoms with Crippen molar-refractivity contribution in [2.24, 2.45) is 0 Å². The minimum Gasteiger partial charge on any atom is -0.399 e. The van der Waals surface area contributed by atoms with Crippen molar-refractivity contribution in [1.29, 1.82) is 0 Å². The monoisotopic (exact) mass is 503 g/mol. The van der Waals surface area contributed by atoms with E-state index in [9.17, 15) is 0 Å². The van der Waals surface area contributed by atoms with Gasteiger partial charge in [-0.25, -0.2) is 0 Å². The minimum absolute atomic E-state index is 0.0884. The molecule has 0 spiro atoms. The Labute approximate surface area is 231 Å². The molecule has 0 atom stereocenters. The van der Waals surface area contributed by atoms with Crippen LogP contribution in [0.25, 0.3) is 0 Å². The van der Waals surface area contributed by atoms with Gasteiger partial charge in [0.2, 0.25) is 0 Å². The van der Waals surface area contributed by atoms with E-state index >= 15 is 0 Å². The predicted molar refractivity (Wildman–Crippen MR) is 165 cm³/mol. The first-order chi connectivity index (χ1) is 17.6. The van der Waals surface area contributed by atoms with Crippen molar-refractivity contribution < 1.29 is 0 Å². The second-order valence-electron chi connectivity index (χ2n) is 13.9. The van der Waals surface area contributed by atoms with Crippen molar-refractivity contribution >= 4 is 5.69 Å². The molecule has 0 fully saturated rings. The zero-order valence-electron chi connectivity index (χ0n) is 24.8. The summed E-state index contributed by atoms with van der Waals surface area (Å²) >= 11 is 0. The summed E-state index contributed by atoms with van der Waals surface area (Å²) in [6.07, 6.45) is 0. The third-order valence-corrected chi connectivity index (χ3v) is 7.90. The molecule has 0 aliphatic carbocycles. The highest BCUT2D eigenvalue weighted by Gasteiger charge is 2.39. The molecule has 0 saturated carbocycles. The van der Waals surface area contributed by atoms with E-state index in [-0.39, 0.29) is 16.2 Å². The molecule has 0 unspecified atom stereocenters. The Morgan fingerprint density at radius 1 is 0.316 bits per heavy atom. The molecular weight excluding hydrogens is 458 g/mol. The summed E-state index contributed by atoms with van der Waals surface area (Å²) in [4.78, 5) is 0. The highest BCUT2D eigenvalue weighted by atomic mass is 14.5. The lowest BCUT2D eigenvalue weighted by Gasteiger charge is -2.38. The number of nitrogens with two attached hydrogens (primary N) is 1. The Morgan fingerprint density at radius 2 is 0.500 bits per heavy atom. The molecule has 0 aromatic heterocycles. The molecule has 0 heterocycles. The summed E-state index contributed by atoms with van der Waals surface area (Å²) in [7, 11) is 0. The molecule has 1 heteroatoms. The van der Waals surface area contributed by atoms with Crippen LogP contribution in [0.5, 0.6) is 0 Å². The van der Waals surface area contributed by atoms with Gasteiger partial charge in [-0.3, -0.25) is 0 Å². The first-order valence-corrected chi connectivity index (χ1v) is 13.8. The first kappa shape index (κ1) is 27.7. The number of hydrogen-bond donors (Lipinski definition) is 1. The fraction of sp³-hybridized carbons (Fsp3) is 0.351. The van der Waals surface area contributed by atoms with Gasteiger partial charge in [-0.1, -0.05) is 147 Å². The summed E-state index contributed by atoms with van der Waals surface area (Å²) in [6.45, 7) is 20.4. The van der Waals surface area contributed by atoms with Crippen LogP contribution in [0.2, 0.25) is 0 Å². The molecule has 0 aliphatic heterocycles. The molecule has 0 bridgehead atoms. The summed E-state index contributed by atoms with van der Waals surface area (Å²) in [5, 5.41) is 0. The lowest BCUT2D eigenvalue weighted by molar-refractivity contribution is 0.587. The number of nitrogen functional groups attached to an aromatic ring is 1. The number of anilines is 1. The van der Waals surface area contributed by atoms with Gasteiger partial charge in [-0.2, -0.15) is 0 Å².